The van der Waals surface area contributed by atoms with E-state index in [-0.39, 0.29) is 11.9 Å². The SMILES string of the molecule is CC(NC(=O)Nc1c(F)cccc1Cl)(C(=O)O)C(F)(F)F. The van der Waals surface area contributed by atoms with E-state index in [1.807, 2.05) is 0 Å². The van der Waals surface area contributed by atoms with Crippen molar-refractivity contribution >= 4 is 29.3 Å². The van der Waals surface area contributed by atoms with Crippen molar-refractivity contribution in [2.75, 3.05) is 5.32 Å². The van der Waals surface area contributed by atoms with Crippen LogP contribution in [0.15, 0.2) is 18.2 Å². The number of urea groups is 1. The van der Waals surface area contributed by atoms with Gasteiger partial charge in [0.05, 0.1) is 10.7 Å². The lowest BCUT2D eigenvalue weighted by Crippen LogP contribution is -2.62. The van der Waals surface area contributed by atoms with Crippen LogP contribution in [0.2, 0.25) is 5.02 Å². The molecule has 1 aromatic carbocycles. The minimum atomic E-state index is -5.25. The Morgan fingerprint density at radius 2 is 1.86 bits per heavy atom. The van der Waals surface area contributed by atoms with Gasteiger partial charge in [-0.15, -0.1) is 0 Å². The van der Waals surface area contributed by atoms with Crippen LogP contribution < -0.4 is 10.6 Å². The van der Waals surface area contributed by atoms with Gasteiger partial charge in [0.2, 0.25) is 5.54 Å². The molecular weight excluding hydrogens is 320 g/mol. The first kappa shape index (κ1) is 17.0. The number of anilines is 1. The molecule has 0 fully saturated rings. The van der Waals surface area contributed by atoms with Gasteiger partial charge in [-0.1, -0.05) is 17.7 Å². The number of hydrogen-bond donors (Lipinski definition) is 3. The number of benzene rings is 1. The van der Waals surface area contributed by atoms with Gasteiger partial charge in [-0.3, -0.25) is 0 Å². The number of halogens is 5. The highest BCUT2D eigenvalue weighted by molar-refractivity contribution is 6.33. The molecule has 21 heavy (non-hydrogen) atoms. The number of rotatable bonds is 3. The summed E-state index contributed by atoms with van der Waals surface area (Å²) in [5, 5.41) is 11.4. The van der Waals surface area contributed by atoms with E-state index >= 15 is 0 Å². The zero-order chi connectivity index (χ0) is 16.4. The number of carbonyl (C=O) groups is 2. The second-order valence-electron chi connectivity index (χ2n) is 4.10. The molecule has 0 aliphatic heterocycles. The summed E-state index contributed by atoms with van der Waals surface area (Å²) >= 11 is 5.58. The Hall–Kier alpha value is -2.03. The van der Waals surface area contributed by atoms with Crippen molar-refractivity contribution in [1.29, 1.82) is 0 Å². The summed E-state index contributed by atoms with van der Waals surface area (Å²) in [6.07, 6.45) is -5.25. The highest BCUT2D eigenvalue weighted by atomic mass is 35.5. The molecule has 0 heterocycles. The van der Waals surface area contributed by atoms with Crippen LogP contribution >= 0.6 is 11.6 Å². The van der Waals surface area contributed by atoms with E-state index in [0.717, 1.165) is 6.07 Å². The smallest absolute Gasteiger partial charge is 0.422 e. The molecule has 0 saturated carbocycles. The van der Waals surface area contributed by atoms with Gasteiger partial charge in [-0.25, -0.2) is 14.0 Å². The Morgan fingerprint density at radius 1 is 1.29 bits per heavy atom. The normalized spacial score (nSPS) is 14.2. The Balaban J connectivity index is 2.98. The molecule has 0 aromatic heterocycles. The second kappa shape index (κ2) is 5.76. The van der Waals surface area contributed by atoms with Crippen molar-refractivity contribution in [3.05, 3.63) is 29.0 Å². The molecule has 3 N–H and O–H groups in total. The lowest BCUT2D eigenvalue weighted by molar-refractivity contribution is -0.203. The van der Waals surface area contributed by atoms with Gasteiger partial charge in [0, 0.05) is 0 Å². The van der Waals surface area contributed by atoms with Gasteiger partial charge < -0.3 is 15.7 Å². The molecule has 0 radical (unpaired) electrons. The minimum absolute atomic E-state index is 0.255. The molecule has 1 unspecified atom stereocenters. The van der Waals surface area contributed by atoms with Crippen LogP contribution in [0.1, 0.15) is 6.92 Å². The molecule has 0 bridgehead atoms. The van der Waals surface area contributed by atoms with Gasteiger partial charge >= 0.3 is 18.2 Å². The predicted octanol–water partition coefficient (Wildman–Crippen LogP) is 3.01. The predicted molar refractivity (Wildman–Crippen MR) is 65.7 cm³/mol. The summed E-state index contributed by atoms with van der Waals surface area (Å²) in [6, 6.07) is 1.77. The number of carboxylic acid groups (broad SMARTS) is 1. The quantitative estimate of drug-likeness (QED) is 0.746. The lowest BCUT2D eigenvalue weighted by atomic mass is 10.0. The van der Waals surface area contributed by atoms with Gasteiger partial charge in [0.15, 0.2) is 0 Å². The Morgan fingerprint density at radius 3 is 2.29 bits per heavy atom. The number of hydrogen-bond acceptors (Lipinski definition) is 2. The third-order valence-corrected chi connectivity index (χ3v) is 2.87. The minimum Gasteiger partial charge on any atom is -0.479 e. The maximum absolute atomic E-state index is 13.4. The maximum atomic E-state index is 13.4. The molecule has 1 atom stereocenters. The van der Waals surface area contributed by atoms with Crippen molar-refractivity contribution in [2.24, 2.45) is 0 Å². The summed E-state index contributed by atoms with van der Waals surface area (Å²) in [6.45, 7) is 0.262. The molecule has 0 spiro atoms. The summed E-state index contributed by atoms with van der Waals surface area (Å²) in [7, 11) is 0. The molecule has 5 nitrogen and oxygen atoms in total. The first-order valence-electron chi connectivity index (χ1n) is 5.32. The fraction of sp³-hybridized carbons (Fsp3) is 0.273. The van der Waals surface area contributed by atoms with Gasteiger partial charge in [0.25, 0.3) is 0 Å². The molecular formula is C11H9ClF4N2O3. The lowest BCUT2D eigenvalue weighted by Gasteiger charge is -2.28. The van der Waals surface area contributed by atoms with Crippen molar-refractivity contribution in [3.63, 3.8) is 0 Å². The molecule has 116 valence electrons. The largest absolute Gasteiger partial charge is 0.479 e. The zero-order valence-electron chi connectivity index (χ0n) is 10.4. The summed E-state index contributed by atoms with van der Waals surface area (Å²) in [5.41, 5.74) is -4.10. The second-order valence-corrected chi connectivity index (χ2v) is 4.51. The number of aliphatic carboxylic acids is 1. The zero-order valence-corrected chi connectivity index (χ0v) is 11.1. The topological polar surface area (TPSA) is 78.4 Å². The van der Waals surface area contributed by atoms with Gasteiger partial charge in [-0.05, 0) is 19.1 Å². The van der Waals surface area contributed by atoms with E-state index in [9.17, 15) is 27.2 Å². The van der Waals surface area contributed by atoms with E-state index < -0.39 is 35.2 Å². The average molecular weight is 329 g/mol. The summed E-state index contributed by atoms with van der Waals surface area (Å²) in [5.74, 6) is -3.30. The first-order valence-corrected chi connectivity index (χ1v) is 5.70. The number of carbonyl (C=O) groups excluding carboxylic acids is 1. The molecule has 0 saturated heterocycles. The Labute approximate surface area is 120 Å². The third-order valence-electron chi connectivity index (χ3n) is 2.56. The van der Waals surface area contributed by atoms with Crippen LogP contribution in [-0.2, 0) is 4.79 Å². The van der Waals surface area contributed by atoms with Crippen LogP contribution in [-0.4, -0.2) is 28.8 Å². The highest BCUT2D eigenvalue weighted by Gasteiger charge is 2.58. The number of alkyl halides is 3. The highest BCUT2D eigenvalue weighted by Crippen LogP contribution is 2.31. The molecule has 0 aliphatic rings. The monoisotopic (exact) mass is 328 g/mol. The molecule has 1 aromatic rings. The van der Waals surface area contributed by atoms with E-state index in [1.165, 1.54) is 17.4 Å². The van der Waals surface area contributed by atoms with E-state index in [1.54, 1.807) is 5.32 Å². The average Bonchev–Trinajstić information content (AvgIpc) is 2.32. The van der Waals surface area contributed by atoms with E-state index in [2.05, 4.69) is 0 Å². The summed E-state index contributed by atoms with van der Waals surface area (Å²) < 4.78 is 51.4. The van der Waals surface area contributed by atoms with Crippen LogP contribution in [0.3, 0.4) is 0 Å². The number of amides is 2. The maximum Gasteiger partial charge on any atom is 0.422 e. The molecule has 1 rings (SSSR count). The fourth-order valence-electron chi connectivity index (χ4n) is 1.23. The Bertz CT molecular complexity index is 559. The van der Waals surface area contributed by atoms with Crippen molar-refractivity contribution in [3.8, 4) is 0 Å². The van der Waals surface area contributed by atoms with Crippen LogP contribution in [0.5, 0.6) is 0 Å². The van der Waals surface area contributed by atoms with Crippen molar-refractivity contribution < 1.29 is 32.3 Å². The van der Waals surface area contributed by atoms with Gasteiger partial charge in [-0.2, -0.15) is 13.2 Å². The molecule has 0 aliphatic carbocycles. The number of carboxylic acids is 1. The Kier molecular flexibility index (Phi) is 4.67. The van der Waals surface area contributed by atoms with Gasteiger partial charge in [0.1, 0.15) is 5.82 Å². The van der Waals surface area contributed by atoms with Crippen LogP contribution in [0.25, 0.3) is 0 Å². The van der Waals surface area contributed by atoms with Crippen LogP contribution in [0.4, 0.5) is 28.0 Å². The standard InChI is InChI=1S/C11H9ClF4N2O3/c1-10(8(19)20,11(14,15)16)18-9(21)17-7-5(12)3-2-4-6(7)13/h2-4H,1H3,(H,19,20)(H2,17,18,21). The van der Waals surface area contributed by atoms with Crippen molar-refractivity contribution in [2.45, 2.75) is 18.6 Å². The number of nitrogens with one attached hydrogen (secondary N) is 2. The third kappa shape index (κ3) is 3.54. The number of para-hydroxylation sites is 1. The fourth-order valence-corrected chi connectivity index (χ4v) is 1.44. The van der Waals surface area contributed by atoms with E-state index in [4.69, 9.17) is 16.7 Å². The molecule has 10 heteroatoms. The molecule has 2 amide bonds. The first-order chi connectivity index (χ1) is 9.49. The van der Waals surface area contributed by atoms with E-state index in [0.29, 0.717) is 0 Å². The summed E-state index contributed by atoms with van der Waals surface area (Å²) in [4.78, 5) is 22.2. The van der Waals surface area contributed by atoms with Crippen LogP contribution in [0, 0.1) is 5.82 Å². The van der Waals surface area contributed by atoms with Crippen molar-refractivity contribution in [1.82, 2.24) is 5.32 Å².